The molecule has 0 N–H and O–H groups in total. The number of fused-ring (bicyclic) bond motifs is 1. The van der Waals surface area contributed by atoms with E-state index in [9.17, 15) is 14.4 Å². The molecule has 12 nitrogen and oxygen atoms in total. The molecule has 1 unspecified atom stereocenters. The van der Waals surface area contributed by atoms with Gasteiger partial charge >= 0.3 is 5.69 Å². The van der Waals surface area contributed by atoms with Crippen LogP contribution in [0.1, 0.15) is 49.2 Å². The number of nitrogens with zero attached hydrogens (tertiary/aromatic N) is 7. The fourth-order valence-electron chi connectivity index (χ4n) is 4.70. The first-order chi connectivity index (χ1) is 15.9. The molecule has 33 heavy (non-hydrogen) atoms. The van der Waals surface area contributed by atoms with Crippen LogP contribution in [0.3, 0.4) is 0 Å². The minimum absolute atomic E-state index is 0.0167. The van der Waals surface area contributed by atoms with Gasteiger partial charge in [0.15, 0.2) is 17.0 Å². The SMILES string of the molecule is Cn1c(=O)c2c(ncn2CC(=O)N2CCCC(c3nc(C4CCOCC4)no3)C2)n(C)c1=O. The minimum Gasteiger partial charge on any atom is -0.381 e. The highest BCUT2D eigenvalue weighted by Gasteiger charge is 2.30. The van der Waals surface area contributed by atoms with E-state index in [4.69, 9.17) is 9.26 Å². The molecule has 0 aliphatic carbocycles. The van der Waals surface area contributed by atoms with E-state index >= 15 is 0 Å². The second-order valence-corrected chi connectivity index (χ2v) is 8.81. The van der Waals surface area contributed by atoms with E-state index in [1.165, 1.54) is 22.5 Å². The second kappa shape index (κ2) is 8.58. The monoisotopic (exact) mass is 457 g/mol. The standard InChI is InChI=1S/C21H27N7O5/c1-25-18-16(20(30)26(2)21(25)31)28(12-22-18)11-15(29)27-7-3-4-14(10-27)19-23-17(24-33-19)13-5-8-32-9-6-13/h12-14H,3-11H2,1-2H3. The number of likely N-dealkylation sites (tertiary alicyclic amines) is 1. The summed E-state index contributed by atoms with van der Waals surface area (Å²) in [6, 6.07) is 0. The Labute approximate surface area is 188 Å². The lowest BCUT2D eigenvalue weighted by Gasteiger charge is -2.31. The Morgan fingerprint density at radius 3 is 2.70 bits per heavy atom. The van der Waals surface area contributed by atoms with Crippen molar-refractivity contribution in [3.8, 4) is 0 Å². The average molecular weight is 457 g/mol. The summed E-state index contributed by atoms with van der Waals surface area (Å²) in [5.74, 6) is 1.41. The van der Waals surface area contributed by atoms with Gasteiger partial charge in [0.2, 0.25) is 11.8 Å². The van der Waals surface area contributed by atoms with Crippen molar-refractivity contribution in [3.63, 3.8) is 0 Å². The zero-order valence-corrected chi connectivity index (χ0v) is 18.8. The van der Waals surface area contributed by atoms with Gasteiger partial charge in [0.1, 0.15) is 6.54 Å². The number of ether oxygens (including phenoxy) is 1. The van der Waals surface area contributed by atoms with E-state index in [1.54, 1.807) is 11.9 Å². The van der Waals surface area contributed by atoms with Crippen LogP contribution in [-0.4, -0.2) is 65.9 Å². The molecule has 0 saturated carbocycles. The Hall–Kier alpha value is -3.28. The number of rotatable bonds is 4. The maximum atomic E-state index is 13.1. The minimum atomic E-state index is -0.471. The molecular formula is C21H27N7O5. The lowest BCUT2D eigenvalue weighted by atomic mass is 9.97. The Morgan fingerprint density at radius 1 is 1.12 bits per heavy atom. The van der Waals surface area contributed by atoms with Gasteiger partial charge in [0, 0.05) is 46.3 Å². The van der Waals surface area contributed by atoms with E-state index < -0.39 is 11.2 Å². The third-order valence-electron chi connectivity index (χ3n) is 6.69. The van der Waals surface area contributed by atoms with E-state index in [2.05, 4.69) is 15.1 Å². The Morgan fingerprint density at radius 2 is 1.91 bits per heavy atom. The summed E-state index contributed by atoms with van der Waals surface area (Å²) in [5.41, 5.74) is -0.428. The fourth-order valence-corrected chi connectivity index (χ4v) is 4.70. The summed E-state index contributed by atoms with van der Waals surface area (Å²) in [6.07, 6.45) is 4.90. The number of aryl methyl sites for hydroxylation is 1. The molecule has 2 aliphatic rings. The molecule has 2 saturated heterocycles. The molecular weight excluding hydrogens is 430 g/mol. The molecule has 0 aromatic carbocycles. The van der Waals surface area contributed by atoms with Crippen molar-refractivity contribution in [1.82, 2.24) is 33.7 Å². The Balaban J connectivity index is 1.32. The molecule has 12 heteroatoms. The van der Waals surface area contributed by atoms with E-state index in [0.717, 1.165) is 36.1 Å². The van der Waals surface area contributed by atoms with Crippen LogP contribution in [0.4, 0.5) is 0 Å². The molecule has 2 aliphatic heterocycles. The van der Waals surface area contributed by atoms with Crippen LogP contribution in [0.5, 0.6) is 0 Å². The molecule has 0 bridgehead atoms. The largest absolute Gasteiger partial charge is 0.381 e. The summed E-state index contributed by atoms with van der Waals surface area (Å²) in [6.45, 7) is 2.49. The van der Waals surface area contributed by atoms with Gasteiger partial charge in [-0.3, -0.25) is 18.7 Å². The maximum Gasteiger partial charge on any atom is 0.332 e. The van der Waals surface area contributed by atoms with Crippen LogP contribution in [0, 0.1) is 0 Å². The highest BCUT2D eigenvalue weighted by Crippen LogP contribution is 2.29. The van der Waals surface area contributed by atoms with Gasteiger partial charge in [-0.25, -0.2) is 9.78 Å². The van der Waals surface area contributed by atoms with Gasteiger partial charge in [0.05, 0.1) is 12.2 Å². The number of carbonyl (C=O) groups excluding carboxylic acids is 1. The Kier molecular flexibility index (Phi) is 5.60. The first kappa shape index (κ1) is 21.6. The maximum absolute atomic E-state index is 13.1. The van der Waals surface area contributed by atoms with Crippen molar-refractivity contribution in [2.24, 2.45) is 14.1 Å². The topological polar surface area (TPSA) is 130 Å². The number of carbonyl (C=O) groups is 1. The van der Waals surface area contributed by atoms with Gasteiger partial charge in [-0.2, -0.15) is 4.98 Å². The summed E-state index contributed by atoms with van der Waals surface area (Å²) in [4.78, 5) is 48.5. The van der Waals surface area contributed by atoms with Crippen LogP contribution in [0.15, 0.2) is 20.4 Å². The van der Waals surface area contributed by atoms with Crippen LogP contribution in [0.25, 0.3) is 11.2 Å². The van der Waals surface area contributed by atoms with E-state index in [-0.39, 0.29) is 35.5 Å². The first-order valence-electron chi connectivity index (χ1n) is 11.2. The number of hydrogen-bond acceptors (Lipinski definition) is 8. The molecule has 2 fully saturated rings. The predicted molar refractivity (Wildman–Crippen MR) is 116 cm³/mol. The van der Waals surface area contributed by atoms with Crippen molar-refractivity contribution < 1.29 is 14.1 Å². The molecule has 0 spiro atoms. The zero-order valence-electron chi connectivity index (χ0n) is 18.8. The molecule has 5 rings (SSSR count). The van der Waals surface area contributed by atoms with Crippen molar-refractivity contribution >= 4 is 17.1 Å². The van der Waals surface area contributed by atoms with Gasteiger partial charge < -0.3 is 18.7 Å². The molecule has 3 aromatic rings. The van der Waals surface area contributed by atoms with Crippen molar-refractivity contribution in [1.29, 1.82) is 0 Å². The van der Waals surface area contributed by atoms with Gasteiger partial charge in [-0.15, -0.1) is 0 Å². The second-order valence-electron chi connectivity index (χ2n) is 8.81. The van der Waals surface area contributed by atoms with Gasteiger partial charge in [-0.05, 0) is 25.7 Å². The fraction of sp³-hybridized carbons (Fsp3) is 0.619. The number of hydrogen-bond donors (Lipinski definition) is 0. The molecule has 3 aromatic heterocycles. The lowest BCUT2D eigenvalue weighted by molar-refractivity contribution is -0.133. The quantitative estimate of drug-likeness (QED) is 0.540. The van der Waals surface area contributed by atoms with Crippen molar-refractivity contribution in [3.05, 3.63) is 38.9 Å². The van der Waals surface area contributed by atoms with Crippen molar-refractivity contribution in [2.45, 2.75) is 44.1 Å². The molecule has 176 valence electrons. The average Bonchev–Trinajstić information content (AvgIpc) is 3.50. The molecule has 1 atom stereocenters. The summed E-state index contributed by atoms with van der Waals surface area (Å²) in [5, 5.41) is 4.19. The number of imidazole rings is 1. The van der Waals surface area contributed by atoms with Crippen LogP contribution in [0.2, 0.25) is 0 Å². The normalized spacial score (nSPS) is 19.9. The molecule has 5 heterocycles. The number of aromatic nitrogens is 6. The highest BCUT2D eigenvalue weighted by molar-refractivity contribution is 5.79. The first-order valence-corrected chi connectivity index (χ1v) is 11.2. The van der Waals surface area contributed by atoms with Crippen molar-refractivity contribution in [2.75, 3.05) is 26.3 Å². The van der Waals surface area contributed by atoms with E-state index in [0.29, 0.717) is 32.2 Å². The zero-order chi connectivity index (χ0) is 23.1. The summed E-state index contributed by atoms with van der Waals surface area (Å²) < 4.78 is 14.8. The summed E-state index contributed by atoms with van der Waals surface area (Å²) in [7, 11) is 2.97. The molecule has 1 amide bonds. The third kappa shape index (κ3) is 3.88. The highest BCUT2D eigenvalue weighted by atomic mass is 16.5. The summed E-state index contributed by atoms with van der Waals surface area (Å²) >= 11 is 0. The number of amides is 1. The molecule has 0 radical (unpaired) electrons. The smallest absolute Gasteiger partial charge is 0.332 e. The van der Waals surface area contributed by atoms with Crippen LogP contribution in [-0.2, 0) is 30.2 Å². The van der Waals surface area contributed by atoms with Crippen LogP contribution < -0.4 is 11.2 Å². The van der Waals surface area contributed by atoms with Gasteiger partial charge in [0.25, 0.3) is 5.56 Å². The van der Waals surface area contributed by atoms with Gasteiger partial charge in [-0.1, -0.05) is 5.16 Å². The third-order valence-corrected chi connectivity index (χ3v) is 6.69. The number of piperidine rings is 1. The predicted octanol–water partition coefficient (Wildman–Crippen LogP) is 0.117. The van der Waals surface area contributed by atoms with E-state index in [1.807, 2.05) is 0 Å². The lowest BCUT2D eigenvalue weighted by Crippen LogP contribution is -2.41. The Bertz CT molecular complexity index is 1300. The van der Waals surface area contributed by atoms with Crippen LogP contribution >= 0.6 is 0 Å².